The number of thiazole rings is 1. The minimum atomic E-state index is -0.493. The molecule has 0 spiro atoms. The lowest BCUT2D eigenvalue weighted by Crippen LogP contribution is -2.41. The molecule has 2 aromatic heterocycles. The van der Waals surface area contributed by atoms with Gasteiger partial charge < -0.3 is 0 Å². The van der Waals surface area contributed by atoms with E-state index in [0.717, 1.165) is 17.0 Å². The van der Waals surface area contributed by atoms with Crippen LogP contribution in [0.2, 0.25) is 5.15 Å². The van der Waals surface area contributed by atoms with Crippen LogP contribution in [0.4, 0.5) is 0 Å². The Bertz CT molecular complexity index is 923. The smallest absolute Gasteiger partial charge is 0.267 e. The Balaban J connectivity index is 1.62. The number of aryl methyl sites for hydroxylation is 1. The summed E-state index contributed by atoms with van der Waals surface area (Å²) < 4.78 is 0. The average molecular weight is 387 g/mol. The molecule has 1 aromatic carbocycles. The number of hydrogen-bond acceptors (Lipinski definition) is 5. The zero-order chi connectivity index (χ0) is 18.5. The number of rotatable bonds is 4. The first kappa shape index (κ1) is 18.0. The van der Waals surface area contributed by atoms with Crippen molar-refractivity contribution in [2.45, 2.75) is 13.3 Å². The van der Waals surface area contributed by atoms with E-state index in [2.05, 4.69) is 27.7 Å². The van der Waals surface area contributed by atoms with E-state index in [1.54, 1.807) is 5.38 Å². The summed E-state index contributed by atoms with van der Waals surface area (Å²) in [6.07, 6.45) is 2.29. The third-order valence-corrected chi connectivity index (χ3v) is 4.74. The number of carbonyl (C=O) groups excluding carboxylic acids is 2. The topological polar surface area (TPSA) is 84.0 Å². The molecule has 8 heteroatoms. The van der Waals surface area contributed by atoms with E-state index < -0.39 is 11.8 Å². The van der Waals surface area contributed by atoms with Crippen LogP contribution in [0.1, 0.15) is 33.3 Å². The van der Waals surface area contributed by atoms with Crippen molar-refractivity contribution in [1.82, 2.24) is 20.8 Å². The highest BCUT2D eigenvalue weighted by atomic mass is 35.5. The fraction of sp³-hybridized carbons (Fsp3) is 0.111. The second-order valence-corrected chi connectivity index (χ2v) is 6.61. The number of benzene rings is 1. The predicted octanol–water partition coefficient (Wildman–Crippen LogP) is 3.50. The lowest BCUT2D eigenvalue weighted by molar-refractivity contribution is 0.0844. The molecule has 132 valence electrons. The zero-order valence-electron chi connectivity index (χ0n) is 13.8. The van der Waals surface area contributed by atoms with Gasteiger partial charge in [-0.1, -0.05) is 42.8 Å². The Hall–Kier alpha value is -2.77. The summed E-state index contributed by atoms with van der Waals surface area (Å²) in [4.78, 5) is 32.3. The highest BCUT2D eigenvalue weighted by Gasteiger charge is 2.13. The Morgan fingerprint density at radius 3 is 2.46 bits per heavy atom. The number of aromatic nitrogens is 2. The standard InChI is InChI=1S/C18H15ClN4O2S/c1-2-11-3-5-12(6-4-11)18-21-14(10-26-18)17(25)23-22-16(24)13-7-8-15(19)20-9-13/h3-10H,2H2,1H3,(H,22,24)(H,23,25). The van der Waals surface area contributed by atoms with Gasteiger partial charge in [0.05, 0.1) is 5.56 Å². The van der Waals surface area contributed by atoms with E-state index in [9.17, 15) is 9.59 Å². The Kier molecular flexibility index (Phi) is 5.60. The van der Waals surface area contributed by atoms with E-state index in [4.69, 9.17) is 11.6 Å². The Morgan fingerprint density at radius 2 is 1.81 bits per heavy atom. The SMILES string of the molecule is CCc1ccc(-c2nc(C(=O)NNC(=O)c3ccc(Cl)nc3)cs2)cc1. The highest BCUT2D eigenvalue weighted by Crippen LogP contribution is 2.24. The molecule has 2 amide bonds. The van der Waals surface area contributed by atoms with Gasteiger partial charge in [-0.05, 0) is 24.1 Å². The van der Waals surface area contributed by atoms with E-state index in [-0.39, 0.29) is 16.4 Å². The van der Waals surface area contributed by atoms with Crippen molar-refractivity contribution in [3.05, 3.63) is 69.9 Å². The second kappa shape index (κ2) is 8.07. The lowest BCUT2D eigenvalue weighted by Gasteiger charge is -2.05. The second-order valence-electron chi connectivity index (χ2n) is 5.37. The maximum Gasteiger partial charge on any atom is 0.289 e. The third kappa shape index (κ3) is 4.25. The van der Waals surface area contributed by atoms with E-state index in [0.29, 0.717) is 0 Å². The molecule has 3 aromatic rings. The summed E-state index contributed by atoms with van der Waals surface area (Å²) in [7, 11) is 0. The van der Waals surface area contributed by atoms with Crippen LogP contribution in [-0.4, -0.2) is 21.8 Å². The van der Waals surface area contributed by atoms with Crippen LogP contribution in [-0.2, 0) is 6.42 Å². The molecule has 6 nitrogen and oxygen atoms in total. The first-order chi connectivity index (χ1) is 12.6. The van der Waals surface area contributed by atoms with E-state index in [1.165, 1.54) is 35.2 Å². The van der Waals surface area contributed by atoms with Gasteiger partial charge in [0, 0.05) is 17.1 Å². The van der Waals surface area contributed by atoms with Crippen LogP contribution in [0, 0.1) is 0 Å². The molecule has 0 fully saturated rings. The first-order valence-electron chi connectivity index (χ1n) is 7.84. The normalized spacial score (nSPS) is 10.4. The molecule has 0 unspecified atom stereocenters. The Labute approximate surface area is 159 Å². The van der Waals surface area contributed by atoms with E-state index >= 15 is 0 Å². The van der Waals surface area contributed by atoms with Crippen molar-refractivity contribution in [3.63, 3.8) is 0 Å². The van der Waals surface area contributed by atoms with Gasteiger partial charge in [-0.2, -0.15) is 0 Å². The van der Waals surface area contributed by atoms with Gasteiger partial charge >= 0.3 is 0 Å². The van der Waals surface area contributed by atoms with Gasteiger partial charge in [0.25, 0.3) is 11.8 Å². The molecule has 0 saturated carbocycles. The molecule has 0 saturated heterocycles. The monoisotopic (exact) mass is 386 g/mol. The molecule has 0 radical (unpaired) electrons. The van der Waals surface area contributed by atoms with Crippen molar-refractivity contribution in [2.75, 3.05) is 0 Å². The van der Waals surface area contributed by atoms with Crippen LogP contribution in [0.5, 0.6) is 0 Å². The van der Waals surface area contributed by atoms with Crippen molar-refractivity contribution in [1.29, 1.82) is 0 Å². The number of hydrogen-bond donors (Lipinski definition) is 2. The van der Waals surface area contributed by atoms with Gasteiger partial charge in [0.1, 0.15) is 15.9 Å². The molecule has 0 aliphatic heterocycles. The van der Waals surface area contributed by atoms with Crippen LogP contribution in [0.15, 0.2) is 48.0 Å². The summed E-state index contributed by atoms with van der Waals surface area (Å²) in [6.45, 7) is 2.09. The number of halogens is 1. The van der Waals surface area contributed by atoms with Gasteiger partial charge in [0.15, 0.2) is 0 Å². The maximum absolute atomic E-state index is 12.2. The van der Waals surface area contributed by atoms with Crippen LogP contribution in [0.3, 0.4) is 0 Å². The molecule has 0 aliphatic rings. The molecule has 0 aliphatic carbocycles. The maximum atomic E-state index is 12.2. The summed E-state index contributed by atoms with van der Waals surface area (Å²) >= 11 is 7.04. The zero-order valence-corrected chi connectivity index (χ0v) is 15.4. The van der Waals surface area contributed by atoms with Crippen molar-refractivity contribution in [2.24, 2.45) is 0 Å². The summed E-state index contributed by atoms with van der Waals surface area (Å²) in [5.41, 5.74) is 7.37. The minimum Gasteiger partial charge on any atom is -0.267 e. The number of hydrazine groups is 1. The quantitative estimate of drug-likeness (QED) is 0.531. The number of carbonyl (C=O) groups is 2. The summed E-state index contributed by atoms with van der Waals surface area (Å²) in [6, 6.07) is 11.0. The molecule has 3 rings (SSSR count). The van der Waals surface area contributed by atoms with Crippen molar-refractivity contribution in [3.8, 4) is 10.6 Å². The predicted molar refractivity (Wildman–Crippen MR) is 101 cm³/mol. The van der Waals surface area contributed by atoms with E-state index in [1.807, 2.05) is 24.3 Å². The third-order valence-electron chi connectivity index (χ3n) is 3.63. The van der Waals surface area contributed by atoms with Crippen molar-refractivity contribution >= 4 is 34.8 Å². The minimum absolute atomic E-state index is 0.235. The van der Waals surface area contributed by atoms with Gasteiger partial charge in [-0.15, -0.1) is 11.3 Å². The number of amides is 2. The molecular weight excluding hydrogens is 372 g/mol. The molecule has 0 bridgehead atoms. The molecule has 26 heavy (non-hydrogen) atoms. The Morgan fingerprint density at radius 1 is 1.08 bits per heavy atom. The van der Waals surface area contributed by atoms with Crippen LogP contribution >= 0.6 is 22.9 Å². The van der Waals surface area contributed by atoms with Gasteiger partial charge in [0.2, 0.25) is 0 Å². The highest BCUT2D eigenvalue weighted by molar-refractivity contribution is 7.13. The molecule has 2 N–H and O–H groups in total. The molecule has 2 heterocycles. The van der Waals surface area contributed by atoms with Crippen molar-refractivity contribution < 1.29 is 9.59 Å². The average Bonchev–Trinajstić information content (AvgIpc) is 3.17. The summed E-state index contributed by atoms with van der Waals surface area (Å²) in [5, 5.41) is 2.67. The fourth-order valence-corrected chi connectivity index (χ4v) is 3.07. The number of nitrogens with one attached hydrogen (secondary N) is 2. The van der Waals surface area contributed by atoms with Gasteiger partial charge in [-0.3, -0.25) is 20.4 Å². The molecular formula is C18H15ClN4O2S. The summed E-state index contributed by atoms with van der Waals surface area (Å²) in [5.74, 6) is -0.985. The largest absolute Gasteiger partial charge is 0.289 e. The van der Waals surface area contributed by atoms with Crippen LogP contribution < -0.4 is 10.9 Å². The van der Waals surface area contributed by atoms with Gasteiger partial charge in [-0.25, -0.2) is 9.97 Å². The lowest BCUT2D eigenvalue weighted by atomic mass is 10.1. The number of pyridine rings is 1. The molecule has 0 atom stereocenters. The number of nitrogens with zero attached hydrogens (tertiary/aromatic N) is 2. The van der Waals surface area contributed by atoms with Crippen LogP contribution in [0.25, 0.3) is 10.6 Å². The fourth-order valence-electron chi connectivity index (χ4n) is 2.15. The first-order valence-corrected chi connectivity index (χ1v) is 9.09.